The molecule has 0 aliphatic rings. The van der Waals surface area contributed by atoms with Gasteiger partial charge in [0, 0.05) is 27.4 Å². The number of aryl methyl sites for hydroxylation is 2. The normalized spacial score (nSPS) is 11.0. The van der Waals surface area contributed by atoms with Crippen molar-refractivity contribution in [3.63, 3.8) is 0 Å². The number of nitrogens with zero attached hydrogens (tertiary/aromatic N) is 5. The first-order valence-electron chi connectivity index (χ1n) is 13.7. The van der Waals surface area contributed by atoms with E-state index < -0.39 is 0 Å². The van der Waals surface area contributed by atoms with E-state index in [2.05, 4.69) is 44.5 Å². The Balaban J connectivity index is 1.37. The summed E-state index contributed by atoms with van der Waals surface area (Å²) < 4.78 is 3.71. The number of rotatable bonds is 8. The van der Waals surface area contributed by atoms with Crippen LogP contribution in [-0.4, -0.2) is 30.5 Å². The van der Waals surface area contributed by atoms with Crippen LogP contribution in [0.15, 0.2) is 109 Å². The van der Waals surface area contributed by atoms with Crippen LogP contribution in [0.4, 0.5) is 5.69 Å². The van der Waals surface area contributed by atoms with E-state index in [1.807, 2.05) is 92.7 Å². The van der Waals surface area contributed by atoms with E-state index in [4.69, 9.17) is 16.6 Å². The number of imidazole rings is 1. The molecule has 0 saturated heterocycles. The van der Waals surface area contributed by atoms with Gasteiger partial charge in [0.25, 0.3) is 0 Å². The lowest BCUT2D eigenvalue weighted by Gasteiger charge is -2.12. The Morgan fingerprint density at radius 1 is 0.833 bits per heavy atom. The Morgan fingerprint density at radius 3 is 2.26 bits per heavy atom. The maximum atomic E-state index is 12.8. The van der Waals surface area contributed by atoms with Gasteiger partial charge in [-0.05, 0) is 37.6 Å². The maximum absolute atomic E-state index is 12.8. The highest BCUT2D eigenvalue weighted by Crippen LogP contribution is 2.37. The summed E-state index contributed by atoms with van der Waals surface area (Å²) in [4.78, 5) is 18.0. The summed E-state index contributed by atoms with van der Waals surface area (Å²) >= 11 is 6.41. The van der Waals surface area contributed by atoms with Gasteiger partial charge in [-0.3, -0.25) is 4.79 Å². The Bertz CT molecular complexity index is 1860. The molecule has 4 aromatic carbocycles. The van der Waals surface area contributed by atoms with Crippen molar-refractivity contribution in [3.05, 3.63) is 131 Å². The van der Waals surface area contributed by atoms with Crippen LogP contribution in [0.3, 0.4) is 0 Å². The first kappa shape index (κ1) is 27.2. The number of halogens is 1. The van der Waals surface area contributed by atoms with Crippen LogP contribution in [0.25, 0.3) is 33.9 Å². The Labute approximate surface area is 249 Å². The van der Waals surface area contributed by atoms with Gasteiger partial charge < -0.3 is 9.88 Å². The van der Waals surface area contributed by atoms with E-state index in [9.17, 15) is 4.79 Å². The lowest BCUT2D eigenvalue weighted by molar-refractivity contribution is -0.116. The Kier molecular flexibility index (Phi) is 7.66. The molecule has 2 aromatic heterocycles. The monoisotopic (exact) mass is 572 g/mol. The van der Waals surface area contributed by atoms with Gasteiger partial charge >= 0.3 is 0 Å². The lowest BCUT2D eigenvalue weighted by atomic mass is 10.0. The maximum Gasteiger partial charge on any atom is 0.246 e. The summed E-state index contributed by atoms with van der Waals surface area (Å²) in [6.45, 7) is 4.45. The van der Waals surface area contributed by atoms with E-state index in [1.54, 1.807) is 10.9 Å². The predicted octanol–water partition coefficient (Wildman–Crippen LogP) is 7.43. The highest BCUT2D eigenvalue weighted by molar-refractivity contribution is 6.30. The lowest BCUT2D eigenvalue weighted by Crippen LogP contribution is -2.19. The number of hydrogen-bond acceptors (Lipinski definition) is 4. The molecule has 7 nitrogen and oxygen atoms in total. The second kappa shape index (κ2) is 11.8. The quantitative estimate of drug-likeness (QED) is 0.206. The number of carbonyl (C=O) groups excluding carboxylic acids is 1. The molecule has 0 radical (unpaired) electrons. The molecule has 6 aromatic rings. The molecule has 8 heteroatoms. The first-order valence-corrected chi connectivity index (χ1v) is 14.1. The molecule has 0 saturated carbocycles. The number of aromatic nitrogens is 5. The standard InChI is InChI=1S/C34H29ClN6O/c1-23-16-17-30(24(2)18-23)36-31(42)22-40-20-29(38-39-40)21-41-33(26-12-7-4-8-13-26)32(25-10-5-3-6-11-25)37-34(41)27-14-9-15-28(35)19-27/h3-20H,21-22H2,1-2H3,(H,36,42). The zero-order valence-electron chi connectivity index (χ0n) is 23.3. The van der Waals surface area contributed by atoms with Crippen LogP contribution in [0.2, 0.25) is 5.02 Å². The van der Waals surface area contributed by atoms with Gasteiger partial charge in [-0.25, -0.2) is 9.67 Å². The van der Waals surface area contributed by atoms with Crippen LogP contribution < -0.4 is 5.32 Å². The van der Waals surface area contributed by atoms with Gasteiger partial charge in [0.1, 0.15) is 18.1 Å². The van der Waals surface area contributed by atoms with Crippen molar-refractivity contribution in [2.75, 3.05) is 5.32 Å². The fraction of sp³-hybridized carbons (Fsp3) is 0.118. The highest BCUT2D eigenvalue weighted by atomic mass is 35.5. The van der Waals surface area contributed by atoms with Crippen molar-refractivity contribution in [2.45, 2.75) is 26.9 Å². The topological polar surface area (TPSA) is 77.6 Å². The molecule has 0 aliphatic heterocycles. The van der Waals surface area contributed by atoms with E-state index in [0.29, 0.717) is 17.3 Å². The van der Waals surface area contributed by atoms with Gasteiger partial charge in [0.15, 0.2) is 0 Å². The molecule has 2 heterocycles. The minimum Gasteiger partial charge on any atom is -0.324 e. The van der Waals surface area contributed by atoms with E-state index in [0.717, 1.165) is 50.7 Å². The number of anilines is 1. The zero-order valence-corrected chi connectivity index (χ0v) is 24.1. The van der Waals surface area contributed by atoms with Crippen molar-refractivity contribution in [3.8, 4) is 33.9 Å². The minimum atomic E-state index is -0.169. The number of nitrogens with one attached hydrogen (secondary N) is 1. The van der Waals surface area contributed by atoms with E-state index in [-0.39, 0.29) is 12.5 Å². The third kappa shape index (κ3) is 5.87. The zero-order chi connectivity index (χ0) is 29.1. The molecule has 1 N–H and O–H groups in total. The predicted molar refractivity (Wildman–Crippen MR) is 167 cm³/mol. The van der Waals surface area contributed by atoms with Crippen LogP contribution in [0, 0.1) is 13.8 Å². The molecule has 1 amide bonds. The molecule has 0 atom stereocenters. The molecule has 0 unspecified atom stereocenters. The van der Waals surface area contributed by atoms with Crippen molar-refractivity contribution in [1.82, 2.24) is 24.5 Å². The van der Waals surface area contributed by atoms with Gasteiger partial charge in [0.2, 0.25) is 5.91 Å². The fourth-order valence-corrected chi connectivity index (χ4v) is 5.27. The van der Waals surface area contributed by atoms with Crippen LogP contribution in [-0.2, 0) is 17.9 Å². The summed E-state index contributed by atoms with van der Waals surface area (Å²) in [5.74, 6) is 0.592. The van der Waals surface area contributed by atoms with Gasteiger partial charge in [-0.2, -0.15) is 0 Å². The Hall–Kier alpha value is -5.01. The van der Waals surface area contributed by atoms with Gasteiger partial charge in [-0.15, -0.1) is 5.10 Å². The van der Waals surface area contributed by atoms with Gasteiger partial charge in [-0.1, -0.05) is 107 Å². The molecule has 42 heavy (non-hydrogen) atoms. The number of benzene rings is 4. The van der Waals surface area contributed by atoms with Crippen molar-refractivity contribution in [2.24, 2.45) is 0 Å². The molecule has 0 fully saturated rings. The summed E-state index contributed by atoms with van der Waals surface area (Å²) in [5, 5.41) is 12.3. The van der Waals surface area contributed by atoms with Crippen molar-refractivity contribution in [1.29, 1.82) is 0 Å². The SMILES string of the molecule is Cc1ccc(NC(=O)Cn2cc(Cn3c(-c4cccc(Cl)c4)nc(-c4ccccc4)c3-c3ccccc3)nn2)c(C)c1. The number of amides is 1. The average molecular weight is 573 g/mol. The average Bonchev–Trinajstić information content (AvgIpc) is 3.60. The van der Waals surface area contributed by atoms with Crippen LogP contribution >= 0.6 is 11.6 Å². The minimum absolute atomic E-state index is 0.0478. The molecular formula is C34H29ClN6O. The first-order chi connectivity index (χ1) is 20.4. The molecule has 0 bridgehead atoms. The molecular weight excluding hydrogens is 544 g/mol. The van der Waals surface area contributed by atoms with Gasteiger partial charge in [0.05, 0.1) is 24.1 Å². The molecule has 0 spiro atoms. The van der Waals surface area contributed by atoms with E-state index in [1.165, 1.54) is 0 Å². The number of hydrogen-bond donors (Lipinski definition) is 1. The van der Waals surface area contributed by atoms with Crippen LogP contribution in [0.1, 0.15) is 16.8 Å². The second-order valence-electron chi connectivity index (χ2n) is 10.2. The second-order valence-corrected chi connectivity index (χ2v) is 10.7. The molecule has 6 rings (SSSR count). The summed E-state index contributed by atoms with van der Waals surface area (Å²) in [6, 6.07) is 34.0. The molecule has 208 valence electrons. The summed E-state index contributed by atoms with van der Waals surface area (Å²) in [7, 11) is 0. The molecule has 0 aliphatic carbocycles. The van der Waals surface area contributed by atoms with E-state index >= 15 is 0 Å². The summed E-state index contributed by atoms with van der Waals surface area (Å²) in [5.41, 5.74) is 8.39. The summed E-state index contributed by atoms with van der Waals surface area (Å²) in [6.07, 6.45) is 1.81. The van der Waals surface area contributed by atoms with Crippen LogP contribution in [0.5, 0.6) is 0 Å². The highest BCUT2D eigenvalue weighted by Gasteiger charge is 2.22. The smallest absolute Gasteiger partial charge is 0.246 e. The van der Waals surface area contributed by atoms with Crippen molar-refractivity contribution < 1.29 is 4.79 Å². The third-order valence-electron chi connectivity index (χ3n) is 7.01. The van der Waals surface area contributed by atoms with Crippen molar-refractivity contribution >= 4 is 23.2 Å². The third-order valence-corrected chi connectivity index (χ3v) is 7.25. The number of carbonyl (C=O) groups is 1. The fourth-order valence-electron chi connectivity index (χ4n) is 5.08. The largest absolute Gasteiger partial charge is 0.324 e. The Morgan fingerprint density at radius 2 is 1.55 bits per heavy atom.